The molecule has 2 aliphatic rings. The highest BCUT2D eigenvalue weighted by molar-refractivity contribution is 7.90. The van der Waals surface area contributed by atoms with E-state index in [9.17, 15) is 18.0 Å². The monoisotopic (exact) mass is 423 g/mol. The van der Waals surface area contributed by atoms with Crippen molar-refractivity contribution in [1.29, 1.82) is 0 Å². The number of hydrogen-bond acceptors (Lipinski definition) is 7. The molecular formula is C20H29N3O5S. The van der Waals surface area contributed by atoms with Gasteiger partial charge in [-0.1, -0.05) is 19.3 Å². The molecule has 9 heteroatoms. The number of carbonyl (C=O) groups is 2. The highest BCUT2D eigenvalue weighted by Gasteiger charge is 2.36. The minimum absolute atomic E-state index is 0.0330. The number of sulfonamides is 1. The van der Waals surface area contributed by atoms with Crippen LogP contribution in [-0.2, 0) is 19.6 Å². The van der Waals surface area contributed by atoms with Crippen molar-refractivity contribution in [3.63, 3.8) is 0 Å². The molecule has 8 nitrogen and oxygen atoms in total. The van der Waals surface area contributed by atoms with Crippen LogP contribution in [0.5, 0.6) is 0 Å². The van der Waals surface area contributed by atoms with Crippen LogP contribution in [0.2, 0.25) is 0 Å². The molecule has 1 aromatic heterocycles. The molecule has 1 aliphatic heterocycles. The van der Waals surface area contributed by atoms with Crippen molar-refractivity contribution in [2.24, 2.45) is 11.8 Å². The van der Waals surface area contributed by atoms with Gasteiger partial charge in [-0.25, -0.2) is 18.2 Å². The number of anilines is 1. The number of hydrogen-bond donors (Lipinski definition) is 1. The smallest absolute Gasteiger partial charge is 0.339 e. The quantitative estimate of drug-likeness (QED) is 0.669. The Morgan fingerprint density at radius 1 is 1.21 bits per heavy atom. The summed E-state index contributed by atoms with van der Waals surface area (Å²) in [6.45, 7) is 4.58. The molecule has 0 atom stereocenters. The lowest BCUT2D eigenvalue weighted by atomic mass is 9.91. The molecule has 3 rings (SSSR count). The number of aromatic nitrogens is 1. The average Bonchev–Trinajstić information content (AvgIpc) is 2.60. The maximum absolute atomic E-state index is 12.3. The second-order valence-electron chi connectivity index (χ2n) is 7.88. The van der Waals surface area contributed by atoms with Crippen molar-refractivity contribution < 1.29 is 22.7 Å². The highest BCUT2D eigenvalue weighted by atomic mass is 32.2. The second-order valence-corrected chi connectivity index (χ2v) is 9.64. The second kappa shape index (κ2) is 9.11. The van der Waals surface area contributed by atoms with E-state index in [4.69, 9.17) is 4.74 Å². The Kier molecular flexibility index (Phi) is 6.77. The lowest BCUT2D eigenvalue weighted by Crippen LogP contribution is -2.55. The zero-order chi connectivity index (χ0) is 21.0. The number of pyridine rings is 1. The molecular weight excluding hydrogens is 394 g/mol. The molecule has 1 amide bonds. The van der Waals surface area contributed by atoms with E-state index in [1.807, 2.05) is 4.90 Å². The van der Waals surface area contributed by atoms with Crippen molar-refractivity contribution in [3.05, 3.63) is 23.4 Å². The maximum atomic E-state index is 12.3. The summed E-state index contributed by atoms with van der Waals surface area (Å²) in [7, 11) is -3.60. The number of amides is 1. The minimum atomic E-state index is -3.60. The summed E-state index contributed by atoms with van der Waals surface area (Å²) in [6, 6.07) is 3.38. The number of esters is 1. The molecule has 1 saturated carbocycles. The fourth-order valence-corrected chi connectivity index (χ4v) is 5.43. The fourth-order valence-electron chi connectivity index (χ4n) is 3.92. The number of ether oxygens (including phenoxy) is 1. The van der Waals surface area contributed by atoms with Gasteiger partial charge < -0.3 is 9.64 Å². The Hall–Kier alpha value is -2.16. The number of aryl methyl sites for hydroxylation is 1. The van der Waals surface area contributed by atoms with Gasteiger partial charge in [0, 0.05) is 13.1 Å². The zero-order valence-electron chi connectivity index (χ0n) is 17.0. The third-order valence-electron chi connectivity index (χ3n) is 5.58. The molecule has 0 bridgehead atoms. The van der Waals surface area contributed by atoms with Crippen LogP contribution in [0, 0.1) is 18.8 Å². The van der Waals surface area contributed by atoms with Crippen molar-refractivity contribution in [3.8, 4) is 0 Å². The molecule has 160 valence electrons. The largest absolute Gasteiger partial charge is 0.462 e. The van der Waals surface area contributed by atoms with Crippen LogP contribution < -0.4 is 9.62 Å². The van der Waals surface area contributed by atoms with Crippen LogP contribution in [-0.4, -0.2) is 50.7 Å². The van der Waals surface area contributed by atoms with E-state index in [1.165, 1.54) is 0 Å². The number of carbonyl (C=O) groups excluding carboxylic acids is 2. The zero-order valence-corrected chi connectivity index (χ0v) is 17.8. The molecule has 0 spiro atoms. The molecule has 2 heterocycles. The summed E-state index contributed by atoms with van der Waals surface area (Å²) in [5.41, 5.74) is 0.975. The number of nitrogens with one attached hydrogen (secondary N) is 1. The molecule has 0 aromatic carbocycles. The standard InChI is InChI=1S/C20H29N3O5S/c1-3-28-20(25)17-9-10-18(21-14(17)2)23-11-16(12-23)19(24)22-29(26,27)13-15-7-5-4-6-8-15/h9-10,15-16H,3-8,11-13H2,1-2H3,(H,22,24). The van der Waals surface area contributed by atoms with Crippen molar-refractivity contribution in [2.45, 2.75) is 46.0 Å². The topological polar surface area (TPSA) is 106 Å². The van der Waals surface area contributed by atoms with Gasteiger partial charge >= 0.3 is 5.97 Å². The fraction of sp³-hybridized carbons (Fsp3) is 0.650. The Balaban J connectivity index is 1.51. The lowest BCUT2D eigenvalue weighted by molar-refractivity contribution is -0.123. The first-order valence-electron chi connectivity index (χ1n) is 10.2. The number of rotatable bonds is 7. The average molecular weight is 424 g/mol. The Morgan fingerprint density at radius 3 is 2.52 bits per heavy atom. The maximum Gasteiger partial charge on any atom is 0.339 e. The van der Waals surface area contributed by atoms with Gasteiger partial charge in [-0.2, -0.15) is 0 Å². The third-order valence-corrected chi connectivity index (χ3v) is 7.00. The van der Waals surface area contributed by atoms with E-state index in [1.54, 1.807) is 26.0 Å². The molecule has 0 unspecified atom stereocenters. The first-order valence-corrected chi connectivity index (χ1v) is 11.9. The summed E-state index contributed by atoms with van der Waals surface area (Å²) in [4.78, 5) is 30.5. The van der Waals surface area contributed by atoms with Crippen molar-refractivity contribution in [1.82, 2.24) is 9.71 Å². The summed E-state index contributed by atoms with van der Waals surface area (Å²) in [5.74, 6) is -0.403. The van der Waals surface area contributed by atoms with Gasteiger partial charge in [0.15, 0.2) is 0 Å². The third kappa shape index (κ3) is 5.46. The van der Waals surface area contributed by atoms with E-state index in [2.05, 4.69) is 9.71 Å². The van der Waals surface area contributed by atoms with E-state index < -0.39 is 21.9 Å². The van der Waals surface area contributed by atoms with Crippen LogP contribution in [0.25, 0.3) is 0 Å². The molecule has 1 N–H and O–H groups in total. The minimum Gasteiger partial charge on any atom is -0.462 e. The van der Waals surface area contributed by atoms with Crippen LogP contribution in [0.1, 0.15) is 55.1 Å². The first kappa shape index (κ1) is 21.5. The predicted octanol–water partition coefficient (Wildman–Crippen LogP) is 2.03. The van der Waals surface area contributed by atoms with Gasteiger partial charge in [0.2, 0.25) is 15.9 Å². The lowest BCUT2D eigenvalue weighted by Gasteiger charge is -2.39. The van der Waals surface area contributed by atoms with Crippen molar-refractivity contribution in [2.75, 3.05) is 30.3 Å². The van der Waals surface area contributed by atoms with Gasteiger partial charge in [0.05, 0.1) is 29.5 Å². The van der Waals surface area contributed by atoms with Gasteiger partial charge in [0.1, 0.15) is 5.82 Å². The van der Waals surface area contributed by atoms with Crippen LogP contribution >= 0.6 is 0 Å². The van der Waals surface area contributed by atoms with Crippen LogP contribution in [0.15, 0.2) is 12.1 Å². The highest BCUT2D eigenvalue weighted by Crippen LogP contribution is 2.26. The summed E-state index contributed by atoms with van der Waals surface area (Å²) in [5, 5.41) is 0. The van der Waals surface area contributed by atoms with Gasteiger partial charge in [-0.05, 0) is 44.7 Å². The van der Waals surface area contributed by atoms with Gasteiger partial charge in [-0.15, -0.1) is 0 Å². The molecule has 1 aliphatic carbocycles. The Labute approximate surface area is 172 Å². The van der Waals surface area contributed by atoms with E-state index >= 15 is 0 Å². The first-order chi connectivity index (χ1) is 13.8. The predicted molar refractivity (Wildman–Crippen MR) is 109 cm³/mol. The molecule has 2 fully saturated rings. The normalized spacial score (nSPS) is 18.2. The molecule has 0 radical (unpaired) electrons. The molecule has 29 heavy (non-hydrogen) atoms. The number of nitrogens with zero attached hydrogens (tertiary/aromatic N) is 2. The summed E-state index contributed by atoms with van der Waals surface area (Å²) in [6.07, 6.45) is 5.12. The van der Waals surface area contributed by atoms with Gasteiger partial charge in [0.25, 0.3) is 0 Å². The Bertz CT molecular complexity index is 859. The molecule has 1 aromatic rings. The van der Waals surface area contributed by atoms with E-state index in [0.29, 0.717) is 36.8 Å². The van der Waals surface area contributed by atoms with E-state index in [0.717, 1.165) is 32.1 Å². The molecule has 1 saturated heterocycles. The SMILES string of the molecule is CCOC(=O)c1ccc(N2CC(C(=O)NS(=O)(=O)CC3CCCCC3)C2)nc1C. The van der Waals surface area contributed by atoms with Crippen molar-refractivity contribution >= 4 is 27.7 Å². The summed E-state index contributed by atoms with van der Waals surface area (Å²) >= 11 is 0. The van der Waals surface area contributed by atoms with E-state index in [-0.39, 0.29) is 17.6 Å². The van der Waals surface area contributed by atoms with Gasteiger partial charge in [-0.3, -0.25) is 9.52 Å². The Morgan fingerprint density at radius 2 is 1.90 bits per heavy atom. The van der Waals surface area contributed by atoms with Crippen LogP contribution in [0.3, 0.4) is 0 Å². The summed E-state index contributed by atoms with van der Waals surface area (Å²) < 4.78 is 31.9. The van der Waals surface area contributed by atoms with Crippen LogP contribution in [0.4, 0.5) is 5.82 Å².